The number of carbonyl (C=O) groups excluding carboxylic acids is 2. The minimum Gasteiger partial charge on any atom is -0.343 e. The van der Waals surface area contributed by atoms with Gasteiger partial charge in [-0.1, -0.05) is 39.8 Å². The summed E-state index contributed by atoms with van der Waals surface area (Å²) in [4.78, 5) is 26.6. The molecule has 1 aromatic rings. The first-order chi connectivity index (χ1) is 11.3. The van der Waals surface area contributed by atoms with Gasteiger partial charge in [0.1, 0.15) is 0 Å². The minimum atomic E-state index is -0.186. The second kappa shape index (κ2) is 7.82. The molecule has 132 valence electrons. The molecular weight excluding hydrogens is 300 g/mol. The summed E-state index contributed by atoms with van der Waals surface area (Å²) >= 11 is 0. The fourth-order valence-electron chi connectivity index (χ4n) is 3.23. The van der Waals surface area contributed by atoms with Gasteiger partial charge in [-0.2, -0.15) is 0 Å². The Morgan fingerprint density at radius 3 is 2.42 bits per heavy atom. The average molecular weight is 330 g/mol. The highest BCUT2D eigenvalue weighted by Gasteiger charge is 2.25. The van der Waals surface area contributed by atoms with Crippen LogP contribution in [0.3, 0.4) is 0 Å². The molecule has 0 saturated carbocycles. The molecule has 1 aliphatic heterocycles. The molecule has 1 aliphatic rings. The zero-order valence-electron chi connectivity index (χ0n) is 15.4. The molecule has 1 heterocycles. The SMILES string of the molecule is CCC1CCCCN1C(=O)CNC(=O)c1ccc(C(C)(C)C)cc1. The van der Waals surface area contributed by atoms with E-state index in [4.69, 9.17) is 0 Å². The highest BCUT2D eigenvalue weighted by molar-refractivity contribution is 5.96. The summed E-state index contributed by atoms with van der Waals surface area (Å²) < 4.78 is 0. The third kappa shape index (κ3) is 4.59. The van der Waals surface area contributed by atoms with Crippen molar-refractivity contribution in [2.45, 2.75) is 64.8 Å². The van der Waals surface area contributed by atoms with Gasteiger partial charge in [0.2, 0.25) is 5.91 Å². The Balaban J connectivity index is 1.91. The fourth-order valence-corrected chi connectivity index (χ4v) is 3.23. The van der Waals surface area contributed by atoms with E-state index >= 15 is 0 Å². The summed E-state index contributed by atoms with van der Waals surface area (Å²) in [5.74, 6) is -0.157. The van der Waals surface area contributed by atoms with Gasteiger partial charge in [0.25, 0.3) is 5.91 Å². The monoisotopic (exact) mass is 330 g/mol. The maximum atomic E-state index is 12.4. The van der Waals surface area contributed by atoms with E-state index in [-0.39, 0.29) is 23.8 Å². The molecule has 0 aliphatic carbocycles. The lowest BCUT2D eigenvalue weighted by atomic mass is 9.87. The first-order valence-corrected chi connectivity index (χ1v) is 9.01. The average Bonchev–Trinajstić information content (AvgIpc) is 2.58. The van der Waals surface area contributed by atoms with Crippen LogP contribution >= 0.6 is 0 Å². The van der Waals surface area contributed by atoms with E-state index in [9.17, 15) is 9.59 Å². The summed E-state index contributed by atoms with van der Waals surface area (Å²) in [5, 5.41) is 2.77. The lowest BCUT2D eigenvalue weighted by Crippen LogP contribution is -2.47. The molecule has 0 spiro atoms. The van der Waals surface area contributed by atoms with Crippen molar-refractivity contribution in [3.05, 3.63) is 35.4 Å². The smallest absolute Gasteiger partial charge is 0.251 e. The zero-order valence-corrected chi connectivity index (χ0v) is 15.4. The Hall–Kier alpha value is -1.84. The number of piperidine rings is 1. The van der Waals surface area contributed by atoms with Gasteiger partial charge >= 0.3 is 0 Å². The second-order valence-corrected chi connectivity index (χ2v) is 7.66. The van der Waals surface area contributed by atoms with Crippen LogP contribution in [0.5, 0.6) is 0 Å². The Kier molecular flexibility index (Phi) is 6.03. The topological polar surface area (TPSA) is 49.4 Å². The molecular formula is C20H30N2O2. The highest BCUT2D eigenvalue weighted by atomic mass is 16.2. The van der Waals surface area contributed by atoms with Crippen molar-refractivity contribution in [3.8, 4) is 0 Å². The molecule has 0 bridgehead atoms. The van der Waals surface area contributed by atoms with E-state index in [1.165, 1.54) is 12.0 Å². The molecule has 0 aromatic heterocycles. The Labute approximate surface area is 145 Å². The lowest BCUT2D eigenvalue weighted by molar-refractivity contribution is -0.133. The van der Waals surface area contributed by atoms with Crippen molar-refractivity contribution in [1.82, 2.24) is 10.2 Å². The van der Waals surface area contributed by atoms with E-state index in [0.717, 1.165) is 25.8 Å². The van der Waals surface area contributed by atoms with Crippen LogP contribution in [-0.4, -0.2) is 35.8 Å². The summed E-state index contributed by atoms with van der Waals surface area (Å²) in [7, 11) is 0. The van der Waals surface area contributed by atoms with Crippen LogP contribution in [0.1, 0.15) is 69.3 Å². The standard InChI is InChI=1S/C20H30N2O2/c1-5-17-8-6-7-13-22(17)18(23)14-21-19(24)15-9-11-16(12-10-15)20(2,3)4/h9-12,17H,5-8,13-14H2,1-4H3,(H,21,24). The molecule has 1 aromatic carbocycles. The second-order valence-electron chi connectivity index (χ2n) is 7.66. The van der Waals surface area contributed by atoms with Crippen LogP contribution in [-0.2, 0) is 10.2 Å². The fraction of sp³-hybridized carbons (Fsp3) is 0.600. The molecule has 1 unspecified atom stereocenters. The van der Waals surface area contributed by atoms with E-state index in [1.54, 1.807) is 0 Å². The van der Waals surface area contributed by atoms with Gasteiger partial charge in [0, 0.05) is 18.2 Å². The van der Waals surface area contributed by atoms with Crippen molar-refractivity contribution in [1.29, 1.82) is 0 Å². The number of hydrogen-bond acceptors (Lipinski definition) is 2. The molecule has 24 heavy (non-hydrogen) atoms. The summed E-state index contributed by atoms with van der Waals surface area (Å²) in [5.41, 5.74) is 1.85. The Bertz CT molecular complexity index is 572. The minimum absolute atomic E-state index is 0.0289. The van der Waals surface area contributed by atoms with Crippen LogP contribution in [0, 0.1) is 0 Å². The van der Waals surface area contributed by atoms with Crippen LogP contribution in [0.15, 0.2) is 24.3 Å². The third-order valence-corrected chi connectivity index (χ3v) is 4.83. The van der Waals surface area contributed by atoms with Crippen LogP contribution in [0.2, 0.25) is 0 Å². The van der Waals surface area contributed by atoms with Crippen LogP contribution in [0.25, 0.3) is 0 Å². The molecule has 2 amide bonds. The first kappa shape index (κ1) is 18.5. The first-order valence-electron chi connectivity index (χ1n) is 9.01. The van der Waals surface area contributed by atoms with Crippen molar-refractivity contribution in [2.75, 3.05) is 13.1 Å². The number of benzene rings is 1. The van der Waals surface area contributed by atoms with E-state index in [1.807, 2.05) is 29.2 Å². The van der Waals surface area contributed by atoms with Gasteiger partial charge in [-0.05, 0) is 48.8 Å². The predicted molar refractivity (Wildman–Crippen MR) is 97.1 cm³/mol. The van der Waals surface area contributed by atoms with Gasteiger partial charge < -0.3 is 10.2 Å². The summed E-state index contributed by atoms with van der Waals surface area (Å²) in [6.45, 7) is 9.44. The molecule has 1 atom stereocenters. The summed E-state index contributed by atoms with van der Waals surface area (Å²) in [6, 6.07) is 7.95. The number of hydrogen-bond donors (Lipinski definition) is 1. The summed E-state index contributed by atoms with van der Waals surface area (Å²) in [6.07, 6.45) is 4.30. The third-order valence-electron chi connectivity index (χ3n) is 4.83. The van der Waals surface area contributed by atoms with Crippen molar-refractivity contribution < 1.29 is 9.59 Å². The van der Waals surface area contributed by atoms with Crippen LogP contribution < -0.4 is 5.32 Å². The van der Waals surface area contributed by atoms with Crippen molar-refractivity contribution >= 4 is 11.8 Å². The molecule has 4 nitrogen and oxygen atoms in total. The molecule has 1 saturated heterocycles. The van der Waals surface area contributed by atoms with Crippen LogP contribution in [0.4, 0.5) is 0 Å². The van der Waals surface area contributed by atoms with Gasteiger partial charge in [0.05, 0.1) is 6.54 Å². The van der Waals surface area contributed by atoms with E-state index in [2.05, 4.69) is 33.0 Å². The molecule has 1 N–H and O–H groups in total. The van der Waals surface area contributed by atoms with E-state index in [0.29, 0.717) is 11.6 Å². The molecule has 2 rings (SSSR count). The maximum absolute atomic E-state index is 12.4. The van der Waals surface area contributed by atoms with Gasteiger partial charge in [-0.25, -0.2) is 0 Å². The van der Waals surface area contributed by atoms with Crippen molar-refractivity contribution in [3.63, 3.8) is 0 Å². The largest absolute Gasteiger partial charge is 0.343 e. The Morgan fingerprint density at radius 1 is 1.17 bits per heavy atom. The molecule has 4 heteroatoms. The number of nitrogens with zero attached hydrogens (tertiary/aromatic N) is 1. The number of nitrogens with one attached hydrogen (secondary N) is 1. The van der Waals surface area contributed by atoms with Gasteiger partial charge in [0.15, 0.2) is 0 Å². The Morgan fingerprint density at radius 2 is 1.83 bits per heavy atom. The number of rotatable bonds is 4. The van der Waals surface area contributed by atoms with E-state index < -0.39 is 0 Å². The highest BCUT2D eigenvalue weighted by Crippen LogP contribution is 2.22. The zero-order chi connectivity index (χ0) is 17.7. The lowest BCUT2D eigenvalue weighted by Gasteiger charge is -2.35. The van der Waals surface area contributed by atoms with Gasteiger partial charge in [-0.3, -0.25) is 9.59 Å². The van der Waals surface area contributed by atoms with Crippen molar-refractivity contribution in [2.24, 2.45) is 0 Å². The molecule has 0 radical (unpaired) electrons. The molecule has 1 fully saturated rings. The predicted octanol–water partition coefficient (Wildman–Crippen LogP) is 3.51. The van der Waals surface area contributed by atoms with Gasteiger partial charge in [-0.15, -0.1) is 0 Å². The quantitative estimate of drug-likeness (QED) is 0.918. The number of likely N-dealkylation sites (tertiary alicyclic amines) is 1. The number of amides is 2. The maximum Gasteiger partial charge on any atom is 0.251 e. The normalized spacial score (nSPS) is 18.3. The number of carbonyl (C=O) groups is 2.